The van der Waals surface area contributed by atoms with E-state index in [9.17, 15) is 9.90 Å². The van der Waals surface area contributed by atoms with Crippen molar-refractivity contribution in [2.75, 3.05) is 13.1 Å². The van der Waals surface area contributed by atoms with E-state index in [4.69, 9.17) is 5.73 Å². The highest BCUT2D eigenvalue weighted by atomic mass is 35.5. The molecule has 1 aliphatic carbocycles. The third kappa shape index (κ3) is 4.59. The Morgan fingerprint density at radius 2 is 1.96 bits per heavy atom. The minimum absolute atomic E-state index is 0. The van der Waals surface area contributed by atoms with Gasteiger partial charge in [0.15, 0.2) is 0 Å². The number of imidazole rings is 1. The van der Waals surface area contributed by atoms with Gasteiger partial charge in [-0.1, -0.05) is 0 Å². The van der Waals surface area contributed by atoms with Crippen LogP contribution in [0.15, 0.2) is 12.4 Å². The van der Waals surface area contributed by atoms with Gasteiger partial charge in [0.25, 0.3) is 0 Å². The highest BCUT2D eigenvalue weighted by Crippen LogP contribution is 2.29. The largest absolute Gasteiger partial charge is 0.391 e. The molecule has 0 spiro atoms. The van der Waals surface area contributed by atoms with Crippen molar-refractivity contribution in [1.29, 1.82) is 0 Å². The fraction of sp³-hybridized carbons (Fsp3) is 0.733. The van der Waals surface area contributed by atoms with Crippen molar-refractivity contribution >= 4 is 30.7 Å². The summed E-state index contributed by atoms with van der Waals surface area (Å²) in [5.41, 5.74) is 5.81. The van der Waals surface area contributed by atoms with Crippen molar-refractivity contribution < 1.29 is 9.90 Å². The van der Waals surface area contributed by atoms with Crippen molar-refractivity contribution in [3.05, 3.63) is 18.2 Å². The molecule has 132 valence electrons. The topological polar surface area (TPSA) is 95.2 Å². The van der Waals surface area contributed by atoms with Crippen LogP contribution in [0.4, 0.5) is 0 Å². The molecule has 1 amide bonds. The molecule has 1 saturated heterocycles. The maximum Gasteiger partial charge on any atom is 0.225 e. The van der Waals surface area contributed by atoms with Gasteiger partial charge in [0.2, 0.25) is 5.91 Å². The Hall–Kier alpha value is -0.820. The van der Waals surface area contributed by atoms with Gasteiger partial charge in [-0.2, -0.15) is 0 Å². The van der Waals surface area contributed by atoms with Crippen molar-refractivity contribution in [2.45, 2.75) is 50.2 Å². The average Bonchev–Trinajstić information content (AvgIpc) is 3.04. The lowest BCUT2D eigenvalue weighted by atomic mass is 9.83. The predicted molar refractivity (Wildman–Crippen MR) is 93.0 cm³/mol. The maximum atomic E-state index is 12.5. The van der Waals surface area contributed by atoms with Crippen LogP contribution in [0.25, 0.3) is 0 Å². The molecule has 1 aromatic heterocycles. The van der Waals surface area contributed by atoms with Crippen molar-refractivity contribution in [1.82, 2.24) is 14.9 Å². The second-order valence-electron chi connectivity index (χ2n) is 6.32. The van der Waals surface area contributed by atoms with E-state index in [2.05, 4.69) is 9.97 Å². The molecule has 1 aliphatic heterocycles. The molecule has 4 N–H and O–H groups in total. The number of carbonyl (C=O) groups excluding carboxylic acids is 1. The second kappa shape index (κ2) is 8.87. The summed E-state index contributed by atoms with van der Waals surface area (Å²) in [6.07, 6.45) is 7.04. The van der Waals surface area contributed by atoms with Gasteiger partial charge in [-0.3, -0.25) is 4.79 Å². The minimum atomic E-state index is -0.534. The summed E-state index contributed by atoms with van der Waals surface area (Å²) < 4.78 is 0. The Balaban J connectivity index is 0.00000132. The lowest BCUT2D eigenvalue weighted by Gasteiger charge is -2.36. The first-order chi connectivity index (χ1) is 10.1. The first-order valence-corrected chi connectivity index (χ1v) is 7.87. The van der Waals surface area contributed by atoms with Crippen LogP contribution in [0.1, 0.15) is 43.8 Å². The lowest BCUT2D eigenvalue weighted by molar-refractivity contribution is -0.139. The molecule has 1 saturated carbocycles. The predicted octanol–water partition coefficient (Wildman–Crippen LogP) is 1.45. The molecule has 0 unspecified atom stereocenters. The minimum Gasteiger partial charge on any atom is -0.391 e. The number of aliphatic hydroxyl groups excluding tert-OH is 1. The average molecular weight is 365 g/mol. The third-order valence-electron chi connectivity index (χ3n) is 4.93. The highest BCUT2D eigenvalue weighted by molar-refractivity contribution is 5.85. The molecule has 8 heteroatoms. The Kier molecular flexibility index (Phi) is 7.80. The van der Waals surface area contributed by atoms with E-state index in [1.165, 1.54) is 0 Å². The molecular formula is C15H26Cl2N4O2. The zero-order chi connectivity index (χ0) is 14.8. The first-order valence-electron chi connectivity index (χ1n) is 7.87. The molecule has 0 radical (unpaired) electrons. The number of hydrogen-bond donors (Lipinski definition) is 3. The maximum absolute atomic E-state index is 12.5. The van der Waals surface area contributed by atoms with E-state index in [0.29, 0.717) is 12.3 Å². The summed E-state index contributed by atoms with van der Waals surface area (Å²) in [7, 11) is 0. The Labute approximate surface area is 149 Å². The number of carbonyl (C=O) groups is 1. The Bertz CT molecular complexity index is 478. The summed E-state index contributed by atoms with van der Waals surface area (Å²) in [5, 5.41) is 9.85. The number of H-pyrrole nitrogens is 1. The quantitative estimate of drug-likeness (QED) is 0.739. The SMILES string of the molecule is Cl.Cl.N[C@H]1CC[C@H](C(=O)N2CCC(c3ncc[nH]3)CC2)C[C@@H]1O. The van der Waals surface area contributed by atoms with E-state index in [1.807, 2.05) is 11.1 Å². The summed E-state index contributed by atoms with van der Waals surface area (Å²) in [6, 6.07) is -0.168. The van der Waals surface area contributed by atoms with Gasteiger partial charge < -0.3 is 20.7 Å². The van der Waals surface area contributed by atoms with Gasteiger partial charge in [-0.25, -0.2) is 4.98 Å². The van der Waals surface area contributed by atoms with Crippen molar-refractivity contribution in [2.24, 2.45) is 11.7 Å². The molecule has 2 aliphatic rings. The van der Waals surface area contributed by atoms with Gasteiger partial charge in [0, 0.05) is 43.4 Å². The van der Waals surface area contributed by atoms with Crippen LogP contribution < -0.4 is 5.73 Å². The highest BCUT2D eigenvalue weighted by Gasteiger charge is 2.34. The molecule has 0 bridgehead atoms. The summed E-state index contributed by atoms with van der Waals surface area (Å²) in [4.78, 5) is 22.0. The van der Waals surface area contributed by atoms with Crippen molar-refractivity contribution in [3.63, 3.8) is 0 Å². The lowest BCUT2D eigenvalue weighted by Crippen LogP contribution is -2.47. The molecule has 0 aromatic carbocycles. The number of amides is 1. The van der Waals surface area contributed by atoms with E-state index in [1.54, 1.807) is 6.20 Å². The summed E-state index contributed by atoms with van der Waals surface area (Å²) in [6.45, 7) is 1.56. The van der Waals surface area contributed by atoms with Crippen LogP contribution in [0.5, 0.6) is 0 Å². The molecule has 3 rings (SSSR count). The molecule has 3 atom stereocenters. The normalized spacial score (nSPS) is 28.6. The number of aromatic nitrogens is 2. The monoisotopic (exact) mass is 364 g/mol. The fourth-order valence-electron chi connectivity index (χ4n) is 3.53. The molecule has 1 aromatic rings. The number of nitrogens with zero attached hydrogens (tertiary/aromatic N) is 2. The number of aliphatic hydroxyl groups is 1. The standard InChI is InChI=1S/C15H24N4O2.2ClH/c16-12-2-1-11(9-13(12)20)15(21)19-7-3-10(4-8-19)14-17-5-6-18-14;;/h5-6,10-13,20H,1-4,7-9,16H2,(H,17,18);2*1H/t11-,12-,13-;;/m0../s1. The van der Waals surface area contributed by atoms with Crippen LogP contribution in [-0.4, -0.2) is 51.1 Å². The number of hydrogen-bond acceptors (Lipinski definition) is 4. The molecule has 2 heterocycles. The van der Waals surface area contributed by atoms with Crippen LogP contribution in [0.3, 0.4) is 0 Å². The zero-order valence-corrected chi connectivity index (χ0v) is 14.7. The molecular weight excluding hydrogens is 339 g/mol. The van der Waals surface area contributed by atoms with Crippen LogP contribution >= 0.6 is 24.8 Å². The van der Waals surface area contributed by atoms with Crippen LogP contribution in [0.2, 0.25) is 0 Å². The number of nitrogens with one attached hydrogen (secondary N) is 1. The van der Waals surface area contributed by atoms with E-state index < -0.39 is 6.10 Å². The number of halogens is 2. The number of nitrogens with two attached hydrogens (primary N) is 1. The van der Waals surface area contributed by atoms with Gasteiger partial charge in [0.05, 0.1) is 6.10 Å². The number of rotatable bonds is 2. The molecule has 23 heavy (non-hydrogen) atoms. The van der Waals surface area contributed by atoms with E-state index in [-0.39, 0.29) is 42.7 Å². The number of aromatic amines is 1. The van der Waals surface area contributed by atoms with Crippen LogP contribution in [-0.2, 0) is 4.79 Å². The molecule has 2 fully saturated rings. The van der Waals surface area contributed by atoms with Gasteiger partial charge in [-0.05, 0) is 32.1 Å². The Morgan fingerprint density at radius 3 is 2.52 bits per heavy atom. The third-order valence-corrected chi connectivity index (χ3v) is 4.93. The number of piperidine rings is 1. The molecule has 6 nitrogen and oxygen atoms in total. The van der Waals surface area contributed by atoms with Gasteiger partial charge in [-0.15, -0.1) is 24.8 Å². The summed E-state index contributed by atoms with van der Waals surface area (Å²) in [5.74, 6) is 1.59. The van der Waals surface area contributed by atoms with Gasteiger partial charge in [0.1, 0.15) is 5.82 Å². The van der Waals surface area contributed by atoms with Gasteiger partial charge >= 0.3 is 0 Å². The van der Waals surface area contributed by atoms with E-state index >= 15 is 0 Å². The van der Waals surface area contributed by atoms with Crippen molar-refractivity contribution in [3.8, 4) is 0 Å². The Morgan fingerprint density at radius 1 is 1.26 bits per heavy atom. The van der Waals surface area contributed by atoms with Crippen LogP contribution in [0, 0.1) is 5.92 Å². The smallest absolute Gasteiger partial charge is 0.225 e. The van der Waals surface area contributed by atoms with E-state index in [0.717, 1.165) is 44.6 Å². The first kappa shape index (κ1) is 20.2. The zero-order valence-electron chi connectivity index (χ0n) is 13.1. The summed E-state index contributed by atoms with van der Waals surface area (Å²) >= 11 is 0. The second-order valence-corrected chi connectivity index (χ2v) is 6.32. The fourth-order valence-corrected chi connectivity index (χ4v) is 3.53. The number of likely N-dealkylation sites (tertiary alicyclic amines) is 1.